The molecule has 3 heteroatoms. The summed E-state index contributed by atoms with van der Waals surface area (Å²) >= 11 is 0. The summed E-state index contributed by atoms with van der Waals surface area (Å²) in [5, 5.41) is 0. The van der Waals surface area contributed by atoms with Crippen molar-refractivity contribution in [3.63, 3.8) is 0 Å². The lowest BCUT2D eigenvalue weighted by atomic mass is 9.78. The molecule has 0 unspecified atom stereocenters. The second-order valence-corrected chi connectivity index (χ2v) is 4.18. The van der Waals surface area contributed by atoms with Crippen molar-refractivity contribution in [3.8, 4) is 0 Å². The molecule has 0 saturated heterocycles. The SMILES string of the molecule is O=C=C1CC=CC2=C1C(=O)c1ccccc1C2=O. The van der Waals surface area contributed by atoms with Crippen LogP contribution in [-0.4, -0.2) is 17.5 Å². The number of carbonyl (C=O) groups excluding carboxylic acids is 3. The average molecular weight is 236 g/mol. The maximum atomic E-state index is 12.3. The topological polar surface area (TPSA) is 51.2 Å². The second-order valence-electron chi connectivity index (χ2n) is 4.18. The van der Waals surface area contributed by atoms with Gasteiger partial charge in [-0.3, -0.25) is 9.59 Å². The van der Waals surface area contributed by atoms with Gasteiger partial charge in [-0.05, 0) is 0 Å². The summed E-state index contributed by atoms with van der Waals surface area (Å²) in [5.41, 5.74) is 1.56. The summed E-state index contributed by atoms with van der Waals surface area (Å²) < 4.78 is 0. The molecule has 0 aromatic heterocycles. The molecule has 18 heavy (non-hydrogen) atoms. The van der Waals surface area contributed by atoms with E-state index in [1.54, 1.807) is 42.4 Å². The molecule has 0 bridgehead atoms. The number of fused-ring (bicyclic) bond motifs is 1. The van der Waals surface area contributed by atoms with Gasteiger partial charge in [0, 0.05) is 28.7 Å². The monoisotopic (exact) mass is 236 g/mol. The molecule has 0 heterocycles. The summed E-state index contributed by atoms with van der Waals surface area (Å²) in [6, 6.07) is 6.67. The first-order chi connectivity index (χ1) is 8.74. The number of allylic oxidation sites excluding steroid dienone is 5. The van der Waals surface area contributed by atoms with Crippen LogP contribution in [0.5, 0.6) is 0 Å². The van der Waals surface area contributed by atoms with Gasteiger partial charge in [0.1, 0.15) is 5.94 Å². The lowest BCUT2D eigenvalue weighted by Gasteiger charge is -2.21. The van der Waals surface area contributed by atoms with Crippen molar-refractivity contribution >= 4 is 17.5 Å². The Labute approximate surface area is 103 Å². The fraction of sp³-hybridized carbons (Fsp3) is 0.0667. The van der Waals surface area contributed by atoms with Crippen LogP contribution < -0.4 is 0 Å². The van der Waals surface area contributed by atoms with E-state index in [4.69, 9.17) is 0 Å². The van der Waals surface area contributed by atoms with Gasteiger partial charge in [-0.1, -0.05) is 36.4 Å². The molecule has 0 fully saturated rings. The summed E-state index contributed by atoms with van der Waals surface area (Å²) in [4.78, 5) is 35.5. The third-order valence-electron chi connectivity index (χ3n) is 3.19. The molecule has 0 N–H and O–H groups in total. The van der Waals surface area contributed by atoms with Gasteiger partial charge in [-0.15, -0.1) is 0 Å². The number of ketones is 2. The van der Waals surface area contributed by atoms with Crippen LogP contribution in [-0.2, 0) is 4.79 Å². The van der Waals surface area contributed by atoms with Crippen molar-refractivity contribution in [2.75, 3.05) is 0 Å². The van der Waals surface area contributed by atoms with E-state index in [0.29, 0.717) is 23.1 Å². The van der Waals surface area contributed by atoms with E-state index in [-0.39, 0.29) is 22.7 Å². The Kier molecular flexibility index (Phi) is 2.22. The fourth-order valence-corrected chi connectivity index (χ4v) is 2.34. The first-order valence-electron chi connectivity index (χ1n) is 5.57. The standard InChI is InChI=1S/C15H8O3/c16-8-9-4-3-7-12-13(9)15(18)11-6-2-1-5-10(11)14(12)17/h1-3,5-7H,4H2. The number of hydrogen-bond donors (Lipinski definition) is 0. The minimum Gasteiger partial charge on any atom is -0.289 e. The predicted octanol–water partition coefficient (Wildman–Crippen LogP) is 2.08. The Bertz CT molecular complexity index is 698. The van der Waals surface area contributed by atoms with Crippen LogP contribution in [0.4, 0.5) is 0 Å². The van der Waals surface area contributed by atoms with Gasteiger partial charge in [0.05, 0.1) is 5.57 Å². The first kappa shape index (κ1) is 10.6. The fourth-order valence-electron chi connectivity index (χ4n) is 2.34. The van der Waals surface area contributed by atoms with Crippen molar-refractivity contribution in [2.24, 2.45) is 0 Å². The van der Waals surface area contributed by atoms with Crippen LogP contribution in [0.25, 0.3) is 0 Å². The van der Waals surface area contributed by atoms with Crippen LogP contribution in [0.2, 0.25) is 0 Å². The quantitative estimate of drug-likeness (QED) is 0.648. The second kappa shape index (κ2) is 3.76. The number of carbonyl (C=O) groups is 2. The van der Waals surface area contributed by atoms with Crippen molar-refractivity contribution < 1.29 is 14.4 Å². The summed E-state index contributed by atoms with van der Waals surface area (Å²) in [6.07, 6.45) is 3.67. The molecule has 1 aromatic carbocycles. The summed E-state index contributed by atoms with van der Waals surface area (Å²) in [7, 11) is 0. The average Bonchev–Trinajstić information content (AvgIpc) is 2.44. The largest absolute Gasteiger partial charge is 0.289 e. The van der Waals surface area contributed by atoms with E-state index >= 15 is 0 Å². The Morgan fingerprint density at radius 3 is 2.33 bits per heavy atom. The third-order valence-corrected chi connectivity index (χ3v) is 3.19. The molecule has 0 spiro atoms. The summed E-state index contributed by atoms with van der Waals surface area (Å²) in [5.74, 6) is 1.30. The molecule has 0 saturated carbocycles. The zero-order valence-electron chi connectivity index (χ0n) is 9.40. The molecule has 86 valence electrons. The van der Waals surface area contributed by atoms with Gasteiger partial charge in [-0.25, -0.2) is 4.79 Å². The highest BCUT2D eigenvalue weighted by Crippen LogP contribution is 2.33. The Balaban J connectivity index is 2.33. The highest BCUT2D eigenvalue weighted by atomic mass is 16.1. The van der Waals surface area contributed by atoms with Gasteiger partial charge in [0.25, 0.3) is 0 Å². The third kappa shape index (κ3) is 1.28. The molecule has 3 nitrogen and oxygen atoms in total. The zero-order valence-corrected chi connectivity index (χ0v) is 9.40. The van der Waals surface area contributed by atoms with Crippen LogP contribution >= 0.6 is 0 Å². The summed E-state index contributed by atoms with van der Waals surface area (Å²) in [6.45, 7) is 0. The highest BCUT2D eigenvalue weighted by molar-refractivity contribution is 6.30. The van der Waals surface area contributed by atoms with Crippen molar-refractivity contribution in [1.29, 1.82) is 0 Å². The van der Waals surface area contributed by atoms with E-state index < -0.39 is 0 Å². The van der Waals surface area contributed by atoms with E-state index in [2.05, 4.69) is 0 Å². The lowest BCUT2D eigenvalue weighted by molar-refractivity contribution is 0.0979. The molecule has 1 aromatic rings. The molecule has 3 rings (SSSR count). The maximum Gasteiger partial charge on any atom is 0.195 e. The van der Waals surface area contributed by atoms with Gasteiger partial charge in [0.2, 0.25) is 0 Å². The van der Waals surface area contributed by atoms with Gasteiger partial charge in [-0.2, -0.15) is 0 Å². The van der Waals surface area contributed by atoms with Gasteiger partial charge < -0.3 is 0 Å². The maximum absolute atomic E-state index is 12.3. The Morgan fingerprint density at radius 1 is 1.00 bits per heavy atom. The lowest BCUT2D eigenvalue weighted by Crippen LogP contribution is -2.23. The van der Waals surface area contributed by atoms with E-state index in [1.807, 2.05) is 0 Å². The Morgan fingerprint density at radius 2 is 1.67 bits per heavy atom. The normalized spacial score (nSPS) is 17.4. The molecule has 2 aliphatic carbocycles. The molecular weight excluding hydrogens is 228 g/mol. The van der Waals surface area contributed by atoms with E-state index in [9.17, 15) is 14.4 Å². The number of Topliss-reactive ketones (excluding diaryl/α,β-unsaturated/α-hetero) is 2. The number of benzene rings is 1. The van der Waals surface area contributed by atoms with Crippen LogP contribution in [0.3, 0.4) is 0 Å². The van der Waals surface area contributed by atoms with Crippen molar-refractivity contribution in [3.05, 3.63) is 64.3 Å². The van der Waals surface area contributed by atoms with Gasteiger partial charge >= 0.3 is 0 Å². The minimum absolute atomic E-state index is 0.205. The first-order valence-corrected chi connectivity index (χ1v) is 5.57. The highest BCUT2D eigenvalue weighted by Gasteiger charge is 2.33. The smallest absolute Gasteiger partial charge is 0.195 e. The van der Waals surface area contributed by atoms with Crippen molar-refractivity contribution in [2.45, 2.75) is 6.42 Å². The van der Waals surface area contributed by atoms with Crippen LogP contribution in [0, 0.1) is 0 Å². The van der Waals surface area contributed by atoms with Gasteiger partial charge in [0.15, 0.2) is 11.6 Å². The van der Waals surface area contributed by atoms with Crippen molar-refractivity contribution in [1.82, 2.24) is 0 Å². The van der Waals surface area contributed by atoms with E-state index in [1.165, 1.54) is 0 Å². The number of rotatable bonds is 0. The zero-order chi connectivity index (χ0) is 12.7. The Hall–Kier alpha value is -2.51. The predicted molar refractivity (Wildman–Crippen MR) is 65.1 cm³/mol. The molecule has 2 aliphatic rings. The molecule has 0 aliphatic heterocycles. The van der Waals surface area contributed by atoms with E-state index in [0.717, 1.165) is 0 Å². The molecule has 0 amide bonds. The minimum atomic E-state index is -0.261. The molecule has 0 atom stereocenters. The molecule has 0 radical (unpaired) electrons. The number of hydrogen-bond acceptors (Lipinski definition) is 3. The molecular formula is C15H8O3. The van der Waals surface area contributed by atoms with Crippen LogP contribution in [0.15, 0.2) is 53.1 Å². The van der Waals surface area contributed by atoms with Crippen LogP contribution in [0.1, 0.15) is 27.1 Å².